The maximum atomic E-state index is 12.0. The standard InChI is InChI=1S/C14H14N6O2S/c1-2-20-13-9(6-17-20)8(5-11(21)18-13)10-3-4-12(22-10)23-14-15-7-16-19-14/h3-4,6-8H,2,5H2,1H3,(H,18,21)(H,15,16,19). The number of aromatic amines is 1. The predicted molar refractivity (Wildman–Crippen MR) is 82.2 cm³/mol. The van der Waals surface area contributed by atoms with Crippen LogP contribution < -0.4 is 5.32 Å². The Morgan fingerprint density at radius 1 is 1.48 bits per heavy atom. The highest BCUT2D eigenvalue weighted by Gasteiger charge is 2.31. The number of furan rings is 1. The number of nitrogens with zero attached hydrogens (tertiary/aromatic N) is 4. The van der Waals surface area contributed by atoms with E-state index in [9.17, 15) is 4.79 Å². The van der Waals surface area contributed by atoms with Gasteiger partial charge in [-0.15, -0.1) is 0 Å². The lowest BCUT2D eigenvalue weighted by Gasteiger charge is -2.21. The van der Waals surface area contributed by atoms with E-state index in [4.69, 9.17) is 4.42 Å². The van der Waals surface area contributed by atoms with E-state index in [0.29, 0.717) is 23.2 Å². The van der Waals surface area contributed by atoms with Gasteiger partial charge in [0.05, 0.1) is 12.1 Å². The predicted octanol–water partition coefficient (Wildman–Crippen LogP) is 2.24. The van der Waals surface area contributed by atoms with Crippen LogP contribution >= 0.6 is 11.8 Å². The van der Waals surface area contributed by atoms with Crippen molar-refractivity contribution in [1.82, 2.24) is 25.0 Å². The quantitative estimate of drug-likeness (QED) is 0.760. The third-order valence-corrected chi connectivity index (χ3v) is 4.54. The fourth-order valence-corrected chi connectivity index (χ4v) is 3.34. The number of carbonyl (C=O) groups excluding carboxylic acids is 1. The molecule has 0 saturated heterocycles. The van der Waals surface area contributed by atoms with E-state index in [0.717, 1.165) is 17.1 Å². The molecular weight excluding hydrogens is 316 g/mol. The monoisotopic (exact) mass is 330 g/mol. The first-order valence-corrected chi connectivity index (χ1v) is 8.04. The molecule has 8 nitrogen and oxygen atoms in total. The van der Waals surface area contributed by atoms with Gasteiger partial charge in [-0.05, 0) is 30.8 Å². The molecule has 0 radical (unpaired) electrons. The van der Waals surface area contributed by atoms with E-state index in [2.05, 4.69) is 25.6 Å². The number of rotatable bonds is 4. The van der Waals surface area contributed by atoms with Crippen LogP contribution in [0.4, 0.5) is 5.82 Å². The highest BCUT2D eigenvalue weighted by atomic mass is 32.2. The molecule has 4 rings (SSSR count). The van der Waals surface area contributed by atoms with Crippen LogP contribution in [-0.2, 0) is 11.3 Å². The summed E-state index contributed by atoms with van der Waals surface area (Å²) < 4.78 is 7.69. The summed E-state index contributed by atoms with van der Waals surface area (Å²) in [5, 5.41) is 15.2. The lowest BCUT2D eigenvalue weighted by Crippen LogP contribution is -2.24. The number of aromatic nitrogens is 5. The zero-order valence-electron chi connectivity index (χ0n) is 12.3. The molecule has 0 fully saturated rings. The van der Waals surface area contributed by atoms with Gasteiger partial charge in [0.15, 0.2) is 10.2 Å². The van der Waals surface area contributed by atoms with E-state index in [1.54, 1.807) is 10.9 Å². The molecule has 1 atom stereocenters. The van der Waals surface area contributed by atoms with Crippen molar-refractivity contribution >= 4 is 23.5 Å². The Labute approximate surface area is 135 Å². The zero-order valence-corrected chi connectivity index (χ0v) is 13.1. The molecule has 1 aliphatic rings. The Kier molecular flexibility index (Phi) is 3.41. The van der Waals surface area contributed by atoms with Gasteiger partial charge < -0.3 is 9.73 Å². The van der Waals surface area contributed by atoms with Crippen molar-refractivity contribution in [1.29, 1.82) is 0 Å². The van der Waals surface area contributed by atoms with Crippen LogP contribution in [-0.4, -0.2) is 30.9 Å². The molecule has 3 aromatic heterocycles. The fourth-order valence-electron chi connectivity index (χ4n) is 2.68. The smallest absolute Gasteiger partial charge is 0.226 e. The van der Waals surface area contributed by atoms with E-state index in [1.165, 1.54) is 18.1 Å². The van der Waals surface area contributed by atoms with Crippen LogP contribution in [0, 0.1) is 0 Å². The summed E-state index contributed by atoms with van der Waals surface area (Å²) in [5.74, 6) is 1.36. The normalized spacial score (nSPS) is 17.1. The van der Waals surface area contributed by atoms with Crippen molar-refractivity contribution in [3.63, 3.8) is 0 Å². The Balaban J connectivity index is 1.64. The largest absolute Gasteiger partial charge is 0.454 e. The average Bonchev–Trinajstić information content (AvgIpc) is 3.27. The van der Waals surface area contributed by atoms with Crippen LogP contribution in [0.25, 0.3) is 0 Å². The number of H-pyrrole nitrogens is 1. The topological polar surface area (TPSA) is 102 Å². The Bertz CT molecular complexity index is 837. The lowest BCUT2D eigenvalue weighted by molar-refractivity contribution is -0.116. The molecule has 2 N–H and O–H groups in total. The number of fused-ring (bicyclic) bond motifs is 1. The minimum absolute atomic E-state index is 0.0291. The Morgan fingerprint density at radius 2 is 2.39 bits per heavy atom. The highest BCUT2D eigenvalue weighted by Crippen LogP contribution is 2.39. The van der Waals surface area contributed by atoms with Crippen LogP contribution in [0.1, 0.15) is 30.6 Å². The van der Waals surface area contributed by atoms with Crippen LogP contribution in [0.2, 0.25) is 0 Å². The summed E-state index contributed by atoms with van der Waals surface area (Å²) in [5.41, 5.74) is 0.983. The Hall–Kier alpha value is -2.55. The number of amides is 1. The number of hydrogen-bond acceptors (Lipinski definition) is 6. The summed E-state index contributed by atoms with van der Waals surface area (Å²) >= 11 is 1.35. The first-order valence-electron chi connectivity index (χ1n) is 7.23. The molecule has 0 bridgehead atoms. The molecule has 0 spiro atoms. The maximum Gasteiger partial charge on any atom is 0.226 e. The molecule has 3 aromatic rings. The third kappa shape index (κ3) is 2.52. The molecule has 23 heavy (non-hydrogen) atoms. The van der Waals surface area contributed by atoms with Gasteiger partial charge in [-0.1, -0.05) is 0 Å². The van der Waals surface area contributed by atoms with E-state index in [1.807, 2.05) is 19.1 Å². The second-order valence-corrected chi connectivity index (χ2v) is 6.11. The van der Waals surface area contributed by atoms with Gasteiger partial charge in [-0.3, -0.25) is 9.89 Å². The molecule has 9 heteroatoms. The molecule has 1 aliphatic heterocycles. The first kappa shape index (κ1) is 14.1. The average molecular weight is 330 g/mol. The molecule has 0 aliphatic carbocycles. The maximum absolute atomic E-state index is 12.0. The molecular formula is C14H14N6O2S. The third-order valence-electron chi connectivity index (χ3n) is 3.73. The molecule has 1 amide bonds. The van der Waals surface area contributed by atoms with Crippen LogP contribution in [0.15, 0.2) is 39.3 Å². The zero-order chi connectivity index (χ0) is 15.8. The first-order chi connectivity index (χ1) is 11.2. The summed E-state index contributed by atoms with van der Waals surface area (Å²) in [6, 6.07) is 3.77. The number of nitrogens with one attached hydrogen (secondary N) is 2. The van der Waals surface area contributed by atoms with Crippen molar-refractivity contribution in [2.24, 2.45) is 0 Å². The van der Waals surface area contributed by atoms with Crippen molar-refractivity contribution in [3.05, 3.63) is 36.0 Å². The van der Waals surface area contributed by atoms with Gasteiger partial charge in [0.25, 0.3) is 0 Å². The molecule has 1 unspecified atom stereocenters. The number of carbonyl (C=O) groups is 1. The molecule has 118 valence electrons. The van der Waals surface area contributed by atoms with Crippen LogP contribution in [0.3, 0.4) is 0 Å². The van der Waals surface area contributed by atoms with E-state index >= 15 is 0 Å². The summed E-state index contributed by atoms with van der Waals surface area (Å²) in [6.07, 6.45) is 3.60. The van der Waals surface area contributed by atoms with Crippen molar-refractivity contribution in [3.8, 4) is 0 Å². The van der Waals surface area contributed by atoms with Crippen molar-refractivity contribution in [2.75, 3.05) is 5.32 Å². The minimum Gasteiger partial charge on any atom is -0.454 e. The van der Waals surface area contributed by atoms with Crippen LogP contribution in [0.5, 0.6) is 0 Å². The van der Waals surface area contributed by atoms with Gasteiger partial charge in [0.2, 0.25) is 5.91 Å². The van der Waals surface area contributed by atoms with Gasteiger partial charge in [0, 0.05) is 18.5 Å². The number of hydrogen-bond donors (Lipinski definition) is 2. The van der Waals surface area contributed by atoms with Gasteiger partial charge in [0.1, 0.15) is 17.9 Å². The van der Waals surface area contributed by atoms with Gasteiger partial charge >= 0.3 is 0 Å². The second-order valence-electron chi connectivity index (χ2n) is 5.12. The summed E-state index contributed by atoms with van der Waals surface area (Å²) in [7, 11) is 0. The van der Waals surface area contributed by atoms with Gasteiger partial charge in [-0.25, -0.2) is 9.67 Å². The molecule has 0 saturated carbocycles. The SMILES string of the molecule is CCn1ncc2c1NC(=O)CC2c1ccc(Sc2ncn[nH]2)o1. The summed E-state index contributed by atoms with van der Waals surface area (Å²) in [4.78, 5) is 16.1. The highest BCUT2D eigenvalue weighted by molar-refractivity contribution is 7.99. The summed E-state index contributed by atoms with van der Waals surface area (Å²) in [6.45, 7) is 2.69. The van der Waals surface area contributed by atoms with E-state index < -0.39 is 0 Å². The van der Waals surface area contributed by atoms with Gasteiger partial charge in [-0.2, -0.15) is 10.2 Å². The number of anilines is 1. The lowest BCUT2D eigenvalue weighted by atomic mass is 9.92. The molecule has 0 aromatic carbocycles. The van der Waals surface area contributed by atoms with Crippen molar-refractivity contribution in [2.45, 2.75) is 36.1 Å². The van der Waals surface area contributed by atoms with E-state index in [-0.39, 0.29) is 11.8 Å². The molecule has 4 heterocycles. The number of aryl methyl sites for hydroxylation is 1. The fraction of sp³-hybridized carbons (Fsp3) is 0.286. The van der Waals surface area contributed by atoms with Crippen molar-refractivity contribution < 1.29 is 9.21 Å². The second kappa shape index (κ2) is 5.58. The minimum atomic E-state index is -0.122. The Morgan fingerprint density at radius 3 is 3.17 bits per heavy atom.